The van der Waals surface area contributed by atoms with E-state index in [4.69, 9.17) is 9.47 Å². The number of nitrogens with zero attached hydrogens (tertiary/aromatic N) is 1. The molecule has 0 fully saturated rings. The molecule has 2 atom stereocenters. The fourth-order valence-electron chi connectivity index (χ4n) is 4.65. The second-order valence-corrected chi connectivity index (χ2v) is 8.28. The lowest BCUT2D eigenvalue weighted by molar-refractivity contribution is -0.128. The number of amides is 2. The fourth-order valence-corrected chi connectivity index (χ4v) is 4.65. The highest BCUT2D eigenvalue weighted by atomic mass is 16.5. The smallest absolute Gasteiger partial charge is 0.255 e. The molecule has 0 saturated heterocycles. The summed E-state index contributed by atoms with van der Waals surface area (Å²) in [6.45, 7) is 4.44. The zero-order chi connectivity index (χ0) is 21.4. The summed E-state index contributed by atoms with van der Waals surface area (Å²) >= 11 is 0. The third-order valence-electron chi connectivity index (χ3n) is 6.12. The largest absolute Gasteiger partial charge is 0.493 e. The lowest BCUT2D eigenvalue weighted by atomic mass is 10.00. The highest BCUT2D eigenvalue weighted by Gasteiger charge is 2.39. The molecule has 2 aromatic carbocycles. The maximum absolute atomic E-state index is 13.4. The summed E-state index contributed by atoms with van der Waals surface area (Å²) in [5, 5.41) is 3.20. The van der Waals surface area contributed by atoms with Crippen LogP contribution in [-0.2, 0) is 17.8 Å². The van der Waals surface area contributed by atoms with Crippen molar-refractivity contribution < 1.29 is 19.1 Å². The molecule has 30 heavy (non-hydrogen) atoms. The van der Waals surface area contributed by atoms with E-state index >= 15 is 0 Å². The van der Waals surface area contributed by atoms with Crippen LogP contribution in [0.3, 0.4) is 0 Å². The monoisotopic (exact) mass is 408 g/mol. The maximum Gasteiger partial charge on any atom is 0.255 e. The van der Waals surface area contributed by atoms with Gasteiger partial charge in [0.2, 0.25) is 5.91 Å². The number of carbonyl (C=O) groups is 2. The van der Waals surface area contributed by atoms with Gasteiger partial charge in [-0.2, -0.15) is 0 Å². The fraction of sp³-hybridized carbons (Fsp3) is 0.417. The number of hydrogen-bond donors (Lipinski definition) is 1. The minimum atomic E-state index is -0.519. The Labute approximate surface area is 177 Å². The summed E-state index contributed by atoms with van der Waals surface area (Å²) in [5.41, 5.74) is 3.88. The van der Waals surface area contributed by atoms with Crippen molar-refractivity contribution in [3.63, 3.8) is 0 Å². The van der Waals surface area contributed by atoms with E-state index in [2.05, 4.69) is 5.32 Å². The van der Waals surface area contributed by atoms with E-state index in [1.54, 1.807) is 19.1 Å². The number of hydrogen-bond acceptors (Lipinski definition) is 4. The van der Waals surface area contributed by atoms with Crippen molar-refractivity contribution >= 4 is 11.8 Å². The first kappa shape index (κ1) is 20.3. The topological polar surface area (TPSA) is 67.9 Å². The van der Waals surface area contributed by atoms with E-state index in [1.807, 2.05) is 50.2 Å². The molecule has 1 aliphatic carbocycles. The lowest BCUT2D eigenvalue weighted by Gasteiger charge is -2.31. The summed E-state index contributed by atoms with van der Waals surface area (Å²) in [6.07, 6.45) is 1.68. The van der Waals surface area contributed by atoms with Crippen LogP contribution in [0.25, 0.3) is 0 Å². The zero-order valence-corrected chi connectivity index (χ0v) is 17.9. The first-order valence-corrected chi connectivity index (χ1v) is 10.4. The van der Waals surface area contributed by atoms with Crippen LogP contribution in [0.1, 0.15) is 53.4 Å². The van der Waals surface area contributed by atoms with Crippen molar-refractivity contribution in [2.45, 2.75) is 45.3 Å². The van der Waals surface area contributed by atoms with E-state index in [0.29, 0.717) is 23.6 Å². The van der Waals surface area contributed by atoms with Crippen molar-refractivity contribution in [3.8, 4) is 11.5 Å². The van der Waals surface area contributed by atoms with Gasteiger partial charge in [-0.15, -0.1) is 0 Å². The summed E-state index contributed by atoms with van der Waals surface area (Å²) in [6, 6.07) is 10.9. The van der Waals surface area contributed by atoms with Crippen LogP contribution in [0.5, 0.6) is 11.5 Å². The maximum atomic E-state index is 13.4. The Bertz CT molecular complexity index is 985. The van der Waals surface area contributed by atoms with Crippen LogP contribution < -0.4 is 14.8 Å². The Morgan fingerprint density at radius 3 is 2.47 bits per heavy atom. The molecule has 1 aliphatic heterocycles. The Morgan fingerprint density at radius 1 is 1.10 bits per heavy atom. The number of carbonyl (C=O) groups excluding carboxylic acids is 2. The van der Waals surface area contributed by atoms with E-state index in [-0.39, 0.29) is 23.8 Å². The van der Waals surface area contributed by atoms with Crippen LogP contribution in [0.4, 0.5) is 0 Å². The molecule has 158 valence electrons. The van der Waals surface area contributed by atoms with Gasteiger partial charge in [0.05, 0.1) is 20.3 Å². The molecule has 0 spiro atoms. The molecule has 2 amide bonds. The number of rotatable bonds is 6. The molecule has 4 rings (SSSR count). The number of fused-ring (bicyclic) bond motifs is 2. The van der Waals surface area contributed by atoms with Gasteiger partial charge in [0.25, 0.3) is 5.91 Å². The quantitative estimate of drug-likeness (QED) is 0.795. The Morgan fingerprint density at radius 2 is 1.80 bits per heavy atom. The first-order chi connectivity index (χ1) is 14.4. The number of methoxy groups -OCH3 is 2. The normalized spacial score (nSPS) is 18.2. The van der Waals surface area contributed by atoms with Gasteiger partial charge in [-0.05, 0) is 53.6 Å². The molecule has 0 saturated carbocycles. The third kappa shape index (κ3) is 3.40. The van der Waals surface area contributed by atoms with Crippen LogP contribution in [0.2, 0.25) is 0 Å². The lowest BCUT2D eigenvalue weighted by Crippen LogP contribution is -2.50. The number of benzene rings is 2. The predicted octanol–water partition coefficient (Wildman–Crippen LogP) is 3.49. The molecule has 6 nitrogen and oxygen atoms in total. The predicted molar refractivity (Wildman–Crippen MR) is 114 cm³/mol. The summed E-state index contributed by atoms with van der Waals surface area (Å²) < 4.78 is 10.8. The number of nitrogens with one attached hydrogen (secondary N) is 1. The van der Waals surface area contributed by atoms with Gasteiger partial charge in [-0.3, -0.25) is 9.59 Å². The molecule has 0 unspecified atom stereocenters. The van der Waals surface area contributed by atoms with Crippen LogP contribution in [0, 0.1) is 5.92 Å². The highest BCUT2D eigenvalue weighted by molar-refractivity contribution is 6.01. The Kier molecular flexibility index (Phi) is 5.41. The SMILES string of the molecule is COc1cc2c(cc1OC)[C@H](NC(=O)[C@@H](C(C)C)N1Cc3ccccc3C1=O)CC2. The van der Waals surface area contributed by atoms with Crippen LogP contribution in [-0.4, -0.2) is 37.0 Å². The second-order valence-electron chi connectivity index (χ2n) is 8.28. The minimum Gasteiger partial charge on any atom is -0.493 e. The van der Waals surface area contributed by atoms with Crippen LogP contribution >= 0.6 is 0 Å². The molecule has 0 aromatic heterocycles. The van der Waals surface area contributed by atoms with Gasteiger partial charge in [-0.1, -0.05) is 32.0 Å². The van der Waals surface area contributed by atoms with Gasteiger partial charge in [-0.25, -0.2) is 0 Å². The molecule has 1 N–H and O–H groups in total. The van der Waals surface area contributed by atoms with E-state index in [9.17, 15) is 9.59 Å². The standard InChI is InChI=1S/C24H28N2O4/c1-14(2)22(26-13-16-7-5-6-8-17(16)24(26)28)23(27)25-19-10-9-15-11-20(29-3)21(30-4)12-18(15)19/h5-8,11-12,14,19,22H,9-10,13H2,1-4H3,(H,25,27)/t19-,22-/m1/s1. The molecule has 6 heteroatoms. The van der Waals surface area contributed by atoms with Gasteiger partial charge < -0.3 is 19.7 Å². The third-order valence-corrected chi connectivity index (χ3v) is 6.12. The van der Waals surface area contributed by atoms with Gasteiger partial charge >= 0.3 is 0 Å². The van der Waals surface area contributed by atoms with Crippen molar-refractivity contribution in [1.82, 2.24) is 10.2 Å². The molecule has 0 radical (unpaired) electrons. The van der Waals surface area contributed by atoms with Gasteiger partial charge in [0.15, 0.2) is 11.5 Å². The molecular formula is C24H28N2O4. The summed E-state index contributed by atoms with van der Waals surface area (Å²) in [7, 11) is 3.23. The second kappa shape index (κ2) is 8.01. The Hall–Kier alpha value is -3.02. The average molecular weight is 408 g/mol. The van der Waals surface area contributed by atoms with Gasteiger partial charge in [0, 0.05) is 12.1 Å². The average Bonchev–Trinajstić information content (AvgIpc) is 3.27. The summed E-state index contributed by atoms with van der Waals surface area (Å²) in [5.74, 6) is 1.16. The molecule has 2 aromatic rings. The van der Waals surface area contributed by atoms with Crippen molar-refractivity contribution in [2.24, 2.45) is 5.92 Å². The zero-order valence-electron chi connectivity index (χ0n) is 17.9. The van der Waals surface area contributed by atoms with Crippen LogP contribution in [0.15, 0.2) is 36.4 Å². The van der Waals surface area contributed by atoms with E-state index in [0.717, 1.165) is 29.5 Å². The molecule has 1 heterocycles. The molecular weight excluding hydrogens is 380 g/mol. The van der Waals surface area contributed by atoms with E-state index < -0.39 is 6.04 Å². The van der Waals surface area contributed by atoms with Crippen molar-refractivity contribution in [2.75, 3.05) is 14.2 Å². The number of ether oxygens (including phenoxy) is 2. The number of aryl methyl sites for hydroxylation is 1. The Balaban J connectivity index is 1.56. The first-order valence-electron chi connectivity index (χ1n) is 10.4. The summed E-state index contributed by atoms with van der Waals surface area (Å²) in [4.78, 5) is 28.0. The molecule has 2 aliphatic rings. The highest BCUT2D eigenvalue weighted by Crippen LogP contribution is 2.39. The van der Waals surface area contributed by atoms with Gasteiger partial charge in [0.1, 0.15) is 6.04 Å². The van der Waals surface area contributed by atoms with E-state index in [1.165, 1.54) is 0 Å². The van der Waals surface area contributed by atoms with Crippen molar-refractivity contribution in [1.29, 1.82) is 0 Å². The molecule has 0 bridgehead atoms. The van der Waals surface area contributed by atoms with Crippen molar-refractivity contribution in [3.05, 3.63) is 58.7 Å². The minimum absolute atomic E-state index is 0.00506.